The fourth-order valence-corrected chi connectivity index (χ4v) is 6.15. The van der Waals surface area contributed by atoms with Crippen molar-refractivity contribution < 1.29 is 22.7 Å². The topological polar surface area (TPSA) is 105 Å². The Labute approximate surface area is 213 Å². The molecule has 2 amide bonds. The molecule has 0 aromatic heterocycles. The maximum absolute atomic E-state index is 12.7. The predicted molar refractivity (Wildman–Crippen MR) is 138 cm³/mol. The second-order valence-corrected chi connectivity index (χ2v) is 11.4. The van der Waals surface area contributed by atoms with E-state index in [1.807, 2.05) is 17.0 Å². The highest BCUT2D eigenvalue weighted by molar-refractivity contribution is 7.89. The van der Waals surface area contributed by atoms with Gasteiger partial charge in [0.25, 0.3) is 5.91 Å². The van der Waals surface area contributed by atoms with Gasteiger partial charge in [-0.25, -0.2) is 13.1 Å². The van der Waals surface area contributed by atoms with E-state index in [2.05, 4.69) is 10.0 Å². The van der Waals surface area contributed by atoms with E-state index < -0.39 is 10.0 Å². The first kappa shape index (κ1) is 26.2. The zero-order chi connectivity index (χ0) is 25.5. The summed E-state index contributed by atoms with van der Waals surface area (Å²) in [5.74, 6) is 0.264. The van der Waals surface area contributed by atoms with E-state index in [0.29, 0.717) is 23.4 Å². The molecule has 1 aliphatic heterocycles. The number of hydrogen-bond acceptors (Lipinski definition) is 5. The number of anilines is 1. The van der Waals surface area contributed by atoms with E-state index in [4.69, 9.17) is 4.74 Å². The molecule has 2 fully saturated rings. The third-order valence-corrected chi connectivity index (χ3v) is 8.31. The zero-order valence-electron chi connectivity index (χ0n) is 20.8. The Morgan fingerprint density at radius 1 is 0.972 bits per heavy atom. The minimum absolute atomic E-state index is 0.0108. The third kappa shape index (κ3) is 7.07. The van der Waals surface area contributed by atoms with E-state index in [-0.39, 0.29) is 29.4 Å². The molecule has 8 nitrogen and oxygen atoms in total. The first-order valence-corrected chi connectivity index (χ1v) is 14.2. The summed E-state index contributed by atoms with van der Waals surface area (Å²) >= 11 is 0. The van der Waals surface area contributed by atoms with Gasteiger partial charge in [-0.15, -0.1) is 0 Å². The standard InChI is InChI=1S/C27H35N3O5S/c1-20-17-24(36(33,34)29-23-7-3-2-4-8-23)13-14-25(20)35-19-26(31)28-22-11-9-21(10-12-22)18-27(32)30-15-5-6-16-30/h9-14,17,23,29H,2-8,15-16,18-19H2,1H3,(H,28,31). The average Bonchev–Trinajstić information content (AvgIpc) is 3.40. The number of likely N-dealkylation sites (tertiary alicyclic amines) is 1. The fourth-order valence-electron chi connectivity index (χ4n) is 4.76. The van der Waals surface area contributed by atoms with Crippen molar-refractivity contribution >= 4 is 27.5 Å². The highest BCUT2D eigenvalue weighted by Gasteiger charge is 2.22. The van der Waals surface area contributed by atoms with Crippen LogP contribution in [0.5, 0.6) is 5.75 Å². The van der Waals surface area contributed by atoms with Crippen LogP contribution in [0.15, 0.2) is 47.4 Å². The number of benzene rings is 2. The molecular weight excluding hydrogens is 478 g/mol. The Kier molecular flexibility index (Phi) is 8.64. The molecule has 0 spiro atoms. The molecule has 0 radical (unpaired) electrons. The van der Waals surface area contributed by atoms with Gasteiger partial charge < -0.3 is 15.0 Å². The molecule has 1 saturated heterocycles. The van der Waals surface area contributed by atoms with Gasteiger partial charge >= 0.3 is 0 Å². The molecule has 2 aliphatic rings. The van der Waals surface area contributed by atoms with Crippen LogP contribution in [0.25, 0.3) is 0 Å². The van der Waals surface area contributed by atoms with Crippen LogP contribution in [0.2, 0.25) is 0 Å². The summed E-state index contributed by atoms with van der Waals surface area (Å²) in [4.78, 5) is 26.8. The van der Waals surface area contributed by atoms with Crippen LogP contribution in [0.1, 0.15) is 56.1 Å². The van der Waals surface area contributed by atoms with E-state index >= 15 is 0 Å². The highest BCUT2D eigenvalue weighted by Crippen LogP contribution is 2.24. The Hall–Kier alpha value is -2.91. The van der Waals surface area contributed by atoms with Crippen LogP contribution >= 0.6 is 0 Å². The number of sulfonamides is 1. The number of carbonyl (C=O) groups is 2. The molecule has 1 heterocycles. The van der Waals surface area contributed by atoms with Gasteiger partial charge in [0.05, 0.1) is 11.3 Å². The van der Waals surface area contributed by atoms with Crippen LogP contribution in [0.4, 0.5) is 5.69 Å². The van der Waals surface area contributed by atoms with E-state index in [9.17, 15) is 18.0 Å². The van der Waals surface area contributed by atoms with Crippen molar-refractivity contribution in [1.29, 1.82) is 0 Å². The monoisotopic (exact) mass is 513 g/mol. The van der Waals surface area contributed by atoms with Crippen LogP contribution < -0.4 is 14.8 Å². The number of rotatable bonds is 9. The molecule has 0 bridgehead atoms. The minimum atomic E-state index is -3.60. The fraction of sp³-hybridized carbons (Fsp3) is 0.481. The molecule has 0 atom stereocenters. The van der Waals surface area contributed by atoms with Crippen LogP contribution in [-0.2, 0) is 26.0 Å². The lowest BCUT2D eigenvalue weighted by atomic mass is 9.96. The number of amides is 2. The summed E-state index contributed by atoms with van der Waals surface area (Å²) < 4.78 is 33.9. The lowest BCUT2D eigenvalue weighted by Gasteiger charge is -2.22. The number of aryl methyl sites for hydroxylation is 1. The molecule has 0 unspecified atom stereocenters. The summed E-state index contributed by atoms with van der Waals surface area (Å²) in [5.41, 5.74) is 2.17. The molecular formula is C27H35N3O5S. The number of nitrogens with one attached hydrogen (secondary N) is 2. The Balaban J connectivity index is 1.26. The number of carbonyl (C=O) groups excluding carboxylic acids is 2. The molecule has 2 N–H and O–H groups in total. The van der Waals surface area contributed by atoms with Gasteiger partial charge in [0, 0.05) is 24.8 Å². The molecule has 194 valence electrons. The SMILES string of the molecule is Cc1cc(S(=O)(=O)NC2CCCCC2)ccc1OCC(=O)Nc1ccc(CC(=O)N2CCCC2)cc1. The van der Waals surface area contributed by atoms with Crippen molar-refractivity contribution in [3.05, 3.63) is 53.6 Å². The first-order valence-electron chi connectivity index (χ1n) is 12.7. The van der Waals surface area contributed by atoms with Crippen molar-refractivity contribution in [2.24, 2.45) is 0 Å². The maximum Gasteiger partial charge on any atom is 0.262 e. The lowest BCUT2D eigenvalue weighted by Crippen LogP contribution is -2.36. The molecule has 1 saturated carbocycles. The summed E-state index contributed by atoms with van der Waals surface area (Å²) in [7, 11) is -3.60. The summed E-state index contributed by atoms with van der Waals surface area (Å²) in [6.07, 6.45) is 7.48. The maximum atomic E-state index is 12.7. The Bertz CT molecular complexity index is 1170. The van der Waals surface area contributed by atoms with Gasteiger partial charge in [0.15, 0.2) is 6.61 Å². The van der Waals surface area contributed by atoms with Crippen molar-refractivity contribution in [2.45, 2.75) is 69.2 Å². The van der Waals surface area contributed by atoms with E-state index in [0.717, 1.165) is 63.6 Å². The number of ether oxygens (including phenoxy) is 1. The predicted octanol–water partition coefficient (Wildman–Crippen LogP) is 3.79. The van der Waals surface area contributed by atoms with E-state index in [1.165, 1.54) is 6.07 Å². The molecule has 9 heteroatoms. The average molecular weight is 514 g/mol. The first-order chi connectivity index (χ1) is 17.3. The van der Waals surface area contributed by atoms with Gasteiger partial charge in [-0.3, -0.25) is 9.59 Å². The van der Waals surface area contributed by atoms with Crippen molar-refractivity contribution in [3.63, 3.8) is 0 Å². The van der Waals surface area contributed by atoms with Crippen LogP contribution in [0, 0.1) is 6.92 Å². The number of nitrogens with zero attached hydrogens (tertiary/aromatic N) is 1. The van der Waals surface area contributed by atoms with Gasteiger partial charge in [-0.1, -0.05) is 31.4 Å². The minimum Gasteiger partial charge on any atom is -0.483 e. The molecule has 4 rings (SSSR count). The van der Waals surface area contributed by atoms with Gasteiger partial charge in [0.2, 0.25) is 15.9 Å². The quantitative estimate of drug-likeness (QED) is 0.531. The smallest absolute Gasteiger partial charge is 0.262 e. The largest absolute Gasteiger partial charge is 0.483 e. The Morgan fingerprint density at radius 3 is 2.33 bits per heavy atom. The molecule has 2 aromatic carbocycles. The molecule has 36 heavy (non-hydrogen) atoms. The van der Waals surface area contributed by atoms with Crippen molar-refractivity contribution in [3.8, 4) is 5.75 Å². The second-order valence-electron chi connectivity index (χ2n) is 9.68. The van der Waals surface area contributed by atoms with Gasteiger partial charge in [-0.2, -0.15) is 0 Å². The number of hydrogen-bond donors (Lipinski definition) is 2. The summed E-state index contributed by atoms with van der Waals surface area (Å²) in [5, 5.41) is 2.78. The van der Waals surface area contributed by atoms with Gasteiger partial charge in [-0.05, 0) is 74.1 Å². The summed E-state index contributed by atoms with van der Waals surface area (Å²) in [6, 6.07) is 11.9. The molecule has 2 aromatic rings. The van der Waals surface area contributed by atoms with Crippen molar-refractivity contribution in [1.82, 2.24) is 9.62 Å². The third-order valence-electron chi connectivity index (χ3n) is 6.79. The Morgan fingerprint density at radius 2 is 1.67 bits per heavy atom. The molecule has 1 aliphatic carbocycles. The van der Waals surface area contributed by atoms with Crippen molar-refractivity contribution in [2.75, 3.05) is 25.0 Å². The van der Waals surface area contributed by atoms with Crippen LogP contribution in [-0.4, -0.2) is 50.9 Å². The summed E-state index contributed by atoms with van der Waals surface area (Å²) in [6.45, 7) is 3.22. The van der Waals surface area contributed by atoms with Crippen LogP contribution in [0.3, 0.4) is 0 Å². The second kappa shape index (κ2) is 11.9. The highest BCUT2D eigenvalue weighted by atomic mass is 32.2. The normalized spacial score (nSPS) is 16.6. The van der Waals surface area contributed by atoms with E-state index in [1.54, 1.807) is 31.2 Å². The van der Waals surface area contributed by atoms with Gasteiger partial charge in [0.1, 0.15) is 5.75 Å². The zero-order valence-corrected chi connectivity index (χ0v) is 21.6. The lowest BCUT2D eigenvalue weighted by molar-refractivity contribution is -0.129.